The van der Waals surface area contributed by atoms with Gasteiger partial charge in [0.2, 0.25) is 5.91 Å². The summed E-state index contributed by atoms with van der Waals surface area (Å²) < 4.78 is 11.2. The zero-order valence-electron chi connectivity index (χ0n) is 39.7. The standard InChI is InChI=1S/C52H99NO8/c1-3-5-7-9-11-13-15-17-18-19-20-21-22-23-24-25-26-27-28-30-31-33-35-37-39-41-46(55)45(44-60-52-51(59)50(58)49(57)47(43-54)61-52)53-48(56)42-40-38-36-34-32-29-16-14-12-10-8-6-4-2/h31,33,39,41,45-47,49-52,54-55,57-59H,3-30,32,34-38,40,42-44H2,1-2H3,(H,53,56)/b33-31+,41-39+. The maximum Gasteiger partial charge on any atom is 0.220 e. The summed E-state index contributed by atoms with van der Waals surface area (Å²) >= 11 is 0. The van der Waals surface area contributed by atoms with E-state index in [9.17, 15) is 30.3 Å². The smallest absolute Gasteiger partial charge is 0.220 e. The highest BCUT2D eigenvalue weighted by Gasteiger charge is 2.44. The van der Waals surface area contributed by atoms with Gasteiger partial charge in [-0.25, -0.2) is 0 Å². The van der Waals surface area contributed by atoms with Crippen LogP contribution >= 0.6 is 0 Å². The first-order chi connectivity index (χ1) is 29.8. The van der Waals surface area contributed by atoms with Crippen LogP contribution in [0.2, 0.25) is 0 Å². The summed E-state index contributed by atoms with van der Waals surface area (Å²) in [6, 6.07) is -0.817. The van der Waals surface area contributed by atoms with E-state index in [2.05, 4.69) is 31.3 Å². The highest BCUT2D eigenvalue weighted by atomic mass is 16.7. The molecule has 61 heavy (non-hydrogen) atoms. The number of hydrogen-bond acceptors (Lipinski definition) is 8. The molecule has 6 N–H and O–H groups in total. The van der Waals surface area contributed by atoms with E-state index in [-0.39, 0.29) is 12.5 Å². The van der Waals surface area contributed by atoms with Crippen molar-refractivity contribution in [3.05, 3.63) is 24.3 Å². The molecule has 0 bridgehead atoms. The molecule has 0 aromatic rings. The van der Waals surface area contributed by atoms with Crippen molar-refractivity contribution in [1.82, 2.24) is 5.32 Å². The van der Waals surface area contributed by atoms with Crippen LogP contribution in [-0.2, 0) is 14.3 Å². The molecule has 1 amide bonds. The number of rotatable bonds is 44. The molecular weight excluding hydrogens is 767 g/mol. The minimum absolute atomic E-state index is 0.185. The number of ether oxygens (including phenoxy) is 2. The molecule has 0 aromatic heterocycles. The van der Waals surface area contributed by atoms with Gasteiger partial charge in [0.15, 0.2) is 6.29 Å². The highest BCUT2D eigenvalue weighted by Crippen LogP contribution is 2.23. The third-order valence-corrected chi connectivity index (χ3v) is 12.5. The van der Waals surface area contributed by atoms with Gasteiger partial charge in [0.05, 0.1) is 25.4 Å². The Morgan fingerprint density at radius 3 is 1.38 bits per heavy atom. The number of hydrogen-bond donors (Lipinski definition) is 6. The molecule has 0 saturated carbocycles. The van der Waals surface area contributed by atoms with Gasteiger partial charge in [0, 0.05) is 6.42 Å². The third-order valence-electron chi connectivity index (χ3n) is 12.5. The number of allylic oxidation sites excluding steroid dienone is 3. The molecule has 1 fully saturated rings. The summed E-state index contributed by atoms with van der Waals surface area (Å²) in [6.07, 6.45) is 45.3. The molecule has 0 spiro atoms. The molecule has 7 atom stereocenters. The van der Waals surface area contributed by atoms with E-state index in [1.54, 1.807) is 6.08 Å². The van der Waals surface area contributed by atoms with E-state index >= 15 is 0 Å². The monoisotopic (exact) mass is 866 g/mol. The van der Waals surface area contributed by atoms with E-state index in [0.29, 0.717) is 6.42 Å². The quantitative estimate of drug-likeness (QED) is 0.0262. The molecule has 1 heterocycles. The van der Waals surface area contributed by atoms with Crippen molar-refractivity contribution in [1.29, 1.82) is 0 Å². The Labute approximate surface area is 375 Å². The predicted molar refractivity (Wildman–Crippen MR) is 253 cm³/mol. The normalized spacial score (nSPS) is 20.5. The van der Waals surface area contributed by atoms with Crippen molar-refractivity contribution >= 4 is 5.91 Å². The van der Waals surface area contributed by atoms with E-state index in [4.69, 9.17) is 9.47 Å². The van der Waals surface area contributed by atoms with Gasteiger partial charge >= 0.3 is 0 Å². The number of aliphatic hydroxyl groups excluding tert-OH is 5. The molecule has 7 unspecified atom stereocenters. The summed E-state index contributed by atoms with van der Waals surface area (Å²) in [4.78, 5) is 13.0. The summed E-state index contributed by atoms with van der Waals surface area (Å²) in [6.45, 7) is 3.77. The molecule has 360 valence electrons. The second kappa shape index (κ2) is 42.6. The number of carbonyl (C=O) groups is 1. The number of amides is 1. The minimum Gasteiger partial charge on any atom is -0.394 e. The first-order valence-electron chi connectivity index (χ1n) is 26.1. The van der Waals surface area contributed by atoms with Crippen LogP contribution in [0.3, 0.4) is 0 Å². The minimum atomic E-state index is -1.57. The van der Waals surface area contributed by atoms with E-state index in [0.717, 1.165) is 38.5 Å². The number of unbranched alkanes of at least 4 members (excludes halogenated alkanes) is 32. The average molecular weight is 866 g/mol. The molecule has 0 aliphatic carbocycles. The van der Waals surface area contributed by atoms with Crippen LogP contribution < -0.4 is 5.32 Å². The molecule has 0 aromatic carbocycles. The fourth-order valence-corrected chi connectivity index (χ4v) is 8.35. The SMILES string of the molecule is CCCCCCCCCCCCCCCCCCCCC/C=C/CC/C=C/C(O)C(COC1OC(CO)C(O)C(O)C1O)NC(=O)CCCCCCCCCCCCCCC. The first-order valence-corrected chi connectivity index (χ1v) is 26.1. The lowest BCUT2D eigenvalue weighted by Gasteiger charge is -2.40. The molecule has 9 heteroatoms. The van der Waals surface area contributed by atoms with Crippen LogP contribution in [0.25, 0.3) is 0 Å². The lowest BCUT2D eigenvalue weighted by atomic mass is 9.99. The summed E-state index contributed by atoms with van der Waals surface area (Å²) in [5.74, 6) is -0.185. The van der Waals surface area contributed by atoms with E-state index < -0.39 is 49.5 Å². The molecular formula is C52H99NO8. The van der Waals surface area contributed by atoms with Crippen LogP contribution in [0.4, 0.5) is 0 Å². The summed E-state index contributed by atoms with van der Waals surface area (Å²) in [5, 5.41) is 54.3. The van der Waals surface area contributed by atoms with Crippen LogP contribution in [0.1, 0.15) is 245 Å². The summed E-state index contributed by atoms with van der Waals surface area (Å²) in [7, 11) is 0. The second-order valence-electron chi connectivity index (χ2n) is 18.3. The van der Waals surface area contributed by atoms with E-state index in [1.165, 1.54) is 186 Å². The van der Waals surface area contributed by atoms with Crippen molar-refractivity contribution in [2.24, 2.45) is 0 Å². The average Bonchev–Trinajstić information content (AvgIpc) is 3.26. The largest absolute Gasteiger partial charge is 0.394 e. The zero-order chi connectivity index (χ0) is 44.4. The van der Waals surface area contributed by atoms with Gasteiger partial charge in [-0.1, -0.05) is 231 Å². The van der Waals surface area contributed by atoms with Crippen molar-refractivity contribution in [2.45, 2.75) is 288 Å². The molecule has 1 saturated heterocycles. The predicted octanol–water partition coefficient (Wildman–Crippen LogP) is 11.8. The van der Waals surface area contributed by atoms with Gasteiger partial charge in [-0.15, -0.1) is 0 Å². The van der Waals surface area contributed by atoms with Crippen molar-refractivity contribution in [2.75, 3.05) is 13.2 Å². The fourth-order valence-electron chi connectivity index (χ4n) is 8.35. The molecule has 1 aliphatic rings. The zero-order valence-corrected chi connectivity index (χ0v) is 39.7. The van der Waals surface area contributed by atoms with E-state index in [1.807, 2.05) is 6.08 Å². The van der Waals surface area contributed by atoms with Crippen molar-refractivity contribution < 1.29 is 39.8 Å². The molecule has 9 nitrogen and oxygen atoms in total. The fraction of sp³-hybridized carbons (Fsp3) is 0.904. The van der Waals surface area contributed by atoms with Gasteiger partial charge in [-0.3, -0.25) is 4.79 Å². The van der Waals surface area contributed by atoms with Crippen molar-refractivity contribution in [3.8, 4) is 0 Å². The maximum absolute atomic E-state index is 13.0. The molecule has 1 rings (SSSR count). The van der Waals surface area contributed by atoms with Gasteiger partial charge in [0.25, 0.3) is 0 Å². The van der Waals surface area contributed by atoms with Gasteiger partial charge in [-0.2, -0.15) is 0 Å². The van der Waals surface area contributed by atoms with Crippen LogP contribution in [0, 0.1) is 0 Å². The Kier molecular flexibility index (Phi) is 40.3. The number of nitrogens with one attached hydrogen (secondary N) is 1. The topological polar surface area (TPSA) is 149 Å². The Morgan fingerprint density at radius 2 is 0.934 bits per heavy atom. The van der Waals surface area contributed by atoms with Gasteiger partial charge in [0.1, 0.15) is 24.4 Å². The summed E-state index contributed by atoms with van der Waals surface area (Å²) in [5.41, 5.74) is 0. The second-order valence-corrected chi connectivity index (χ2v) is 18.3. The number of carbonyl (C=O) groups excluding carboxylic acids is 1. The van der Waals surface area contributed by atoms with Gasteiger partial charge in [-0.05, 0) is 32.1 Å². The molecule has 1 aliphatic heterocycles. The van der Waals surface area contributed by atoms with Crippen LogP contribution in [0.5, 0.6) is 0 Å². The maximum atomic E-state index is 13.0. The Hall–Kier alpha value is -1.33. The Bertz CT molecular complexity index is 1010. The van der Waals surface area contributed by atoms with Crippen LogP contribution in [0.15, 0.2) is 24.3 Å². The molecule has 0 radical (unpaired) electrons. The van der Waals surface area contributed by atoms with Crippen molar-refractivity contribution in [3.63, 3.8) is 0 Å². The highest BCUT2D eigenvalue weighted by molar-refractivity contribution is 5.76. The number of aliphatic hydroxyl groups is 5. The van der Waals surface area contributed by atoms with Crippen LogP contribution in [-0.4, -0.2) is 87.5 Å². The lowest BCUT2D eigenvalue weighted by molar-refractivity contribution is -0.302. The van der Waals surface area contributed by atoms with Gasteiger partial charge < -0.3 is 40.3 Å². The first kappa shape index (κ1) is 57.7. The Morgan fingerprint density at radius 1 is 0.541 bits per heavy atom. The lowest BCUT2D eigenvalue weighted by Crippen LogP contribution is -2.60. The Balaban J connectivity index is 2.27. The third kappa shape index (κ3) is 32.9.